The Labute approximate surface area is 178 Å². The van der Waals surface area contributed by atoms with E-state index in [2.05, 4.69) is 36.1 Å². The fourth-order valence-electron chi connectivity index (χ4n) is 4.05. The molecule has 1 aliphatic heterocycles. The maximum Gasteiger partial charge on any atom is 0.269 e. The Morgan fingerprint density at radius 1 is 1.13 bits per heavy atom. The van der Waals surface area contributed by atoms with Crippen LogP contribution in [-0.4, -0.2) is 34.9 Å². The number of non-ortho nitro benzene ring substituents is 1. The van der Waals surface area contributed by atoms with Gasteiger partial charge >= 0.3 is 0 Å². The van der Waals surface area contributed by atoms with Gasteiger partial charge in [0.15, 0.2) is 0 Å². The Balaban J connectivity index is 1.68. The summed E-state index contributed by atoms with van der Waals surface area (Å²) in [5.74, 6) is 0.107. The highest BCUT2D eigenvalue weighted by atomic mass is 16.6. The monoisotopic (exact) mass is 409 g/mol. The Morgan fingerprint density at radius 2 is 1.80 bits per heavy atom. The molecule has 0 atom stereocenters. The van der Waals surface area contributed by atoms with Crippen molar-refractivity contribution < 1.29 is 9.72 Å². The summed E-state index contributed by atoms with van der Waals surface area (Å²) in [5.41, 5.74) is 3.32. The van der Waals surface area contributed by atoms with Gasteiger partial charge in [-0.15, -0.1) is 0 Å². The molecule has 3 rings (SSSR count). The van der Waals surface area contributed by atoms with Gasteiger partial charge in [-0.05, 0) is 42.5 Å². The van der Waals surface area contributed by atoms with Crippen LogP contribution in [0, 0.1) is 16.0 Å². The number of likely N-dealkylation sites (tertiary alicyclic amines) is 1. The molecule has 0 spiro atoms. The van der Waals surface area contributed by atoms with Crippen molar-refractivity contribution in [2.45, 2.75) is 52.6 Å². The first-order valence-electron chi connectivity index (χ1n) is 10.8. The van der Waals surface area contributed by atoms with E-state index in [0.717, 1.165) is 43.6 Å². The molecular formula is C24H31N3O3. The molecule has 0 unspecified atom stereocenters. The van der Waals surface area contributed by atoms with E-state index in [1.807, 2.05) is 24.8 Å². The summed E-state index contributed by atoms with van der Waals surface area (Å²) in [6.07, 6.45) is 2.76. The summed E-state index contributed by atoms with van der Waals surface area (Å²) in [6.45, 7) is 8.45. The van der Waals surface area contributed by atoms with E-state index < -0.39 is 0 Å². The zero-order valence-corrected chi connectivity index (χ0v) is 18.1. The third kappa shape index (κ3) is 5.25. The number of hydrogen-bond acceptors (Lipinski definition) is 4. The fraction of sp³-hybridized carbons (Fsp3) is 0.458. The number of amides is 1. The fourth-order valence-corrected chi connectivity index (χ4v) is 4.05. The second kappa shape index (κ2) is 9.85. The number of carbonyl (C=O) groups excluding carboxylic acids is 1. The smallest absolute Gasteiger partial charge is 0.269 e. The summed E-state index contributed by atoms with van der Waals surface area (Å²) in [5, 5.41) is 11.0. The quantitative estimate of drug-likeness (QED) is 0.486. The maximum atomic E-state index is 13.0. The number of piperidine rings is 1. The standard InChI is InChI=1S/C24H31N3O3/c1-4-19-8-10-21(11-9-19)26(24(28)18(2)3)22-12-14-25(15-13-22)17-20-6-5-7-23(16-20)27(29)30/h5-11,16,18,22H,4,12-15,17H2,1-3H3. The molecule has 1 aliphatic rings. The van der Waals surface area contributed by atoms with Crippen molar-refractivity contribution in [3.05, 3.63) is 69.8 Å². The van der Waals surface area contributed by atoms with Crippen LogP contribution < -0.4 is 4.90 Å². The van der Waals surface area contributed by atoms with E-state index in [1.165, 1.54) is 11.6 Å². The van der Waals surface area contributed by atoms with Crippen LogP contribution in [-0.2, 0) is 17.8 Å². The zero-order chi connectivity index (χ0) is 21.7. The number of nitro benzene ring substituents is 1. The summed E-state index contributed by atoms with van der Waals surface area (Å²) in [7, 11) is 0. The average molecular weight is 410 g/mol. The van der Waals surface area contributed by atoms with Gasteiger partial charge in [0.25, 0.3) is 5.69 Å². The third-order valence-electron chi connectivity index (χ3n) is 5.80. The van der Waals surface area contributed by atoms with Crippen molar-refractivity contribution in [1.82, 2.24) is 4.90 Å². The normalized spacial score (nSPS) is 15.3. The van der Waals surface area contributed by atoms with Crippen LogP contribution in [0.15, 0.2) is 48.5 Å². The molecule has 6 heteroatoms. The molecule has 1 saturated heterocycles. The molecule has 6 nitrogen and oxygen atoms in total. The molecule has 0 saturated carbocycles. The third-order valence-corrected chi connectivity index (χ3v) is 5.80. The first-order valence-corrected chi connectivity index (χ1v) is 10.8. The lowest BCUT2D eigenvalue weighted by molar-refractivity contribution is -0.384. The van der Waals surface area contributed by atoms with Crippen LogP contribution in [0.1, 0.15) is 44.7 Å². The Hall–Kier alpha value is -2.73. The van der Waals surface area contributed by atoms with Crippen molar-refractivity contribution in [1.29, 1.82) is 0 Å². The van der Waals surface area contributed by atoms with Gasteiger partial charge in [-0.3, -0.25) is 19.8 Å². The zero-order valence-electron chi connectivity index (χ0n) is 18.1. The van der Waals surface area contributed by atoms with Crippen LogP contribution in [0.3, 0.4) is 0 Å². The van der Waals surface area contributed by atoms with E-state index in [0.29, 0.717) is 6.54 Å². The average Bonchev–Trinajstić information content (AvgIpc) is 2.75. The van der Waals surface area contributed by atoms with Gasteiger partial charge < -0.3 is 4.90 Å². The lowest BCUT2D eigenvalue weighted by Crippen LogP contribution is -2.48. The van der Waals surface area contributed by atoms with Gasteiger partial charge in [-0.25, -0.2) is 0 Å². The van der Waals surface area contributed by atoms with E-state index in [9.17, 15) is 14.9 Å². The molecule has 0 aliphatic carbocycles. The van der Waals surface area contributed by atoms with Gasteiger partial charge in [0.1, 0.15) is 0 Å². The van der Waals surface area contributed by atoms with E-state index in [4.69, 9.17) is 0 Å². The number of rotatable bonds is 7. The number of carbonyl (C=O) groups is 1. The second-order valence-electron chi connectivity index (χ2n) is 8.32. The van der Waals surface area contributed by atoms with Gasteiger partial charge in [0.05, 0.1) is 4.92 Å². The van der Waals surface area contributed by atoms with Crippen LogP contribution in [0.4, 0.5) is 11.4 Å². The molecule has 0 bridgehead atoms. The predicted octanol–water partition coefficient (Wildman–Crippen LogP) is 4.81. The van der Waals surface area contributed by atoms with Crippen LogP contribution in [0.25, 0.3) is 0 Å². The maximum absolute atomic E-state index is 13.0. The topological polar surface area (TPSA) is 66.7 Å². The molecule has 1 amide bonds. The number of nitrogens with zero attached hydrogens (tertiary/aromatic N) is 3. The summed E-state index contributed by atoms with van der Waals surface area (Å²) >= 11 is 0. The van der Waals surface area contributed by atoms with Gasteiger partial charge in [-0.2, -0.15) is 0 Å². The molecule has 0 radical (unpaired) electrons. The number of anilines is 1. The van der Waals surface area contributed by atoms with Gasteiger partial charge in [0.2, 0.25) is 5.91 Å². The highest BCUT2D eigenvalue weighted by Crippen LogP contribution is 2.27. The van der Waals surface area contributed by atoms with Crippen LogP contribution in [0.2, 0.25) is 0 Å². The minimum atomic E-state index is -0.352. The summed E-state index contributed by atoms with van der Waals surface area (Å²) < 4.78 is 0. The molecule has 2 aromatic rings. The number of hydrogen-bond donors (Lipinski definition) is 0. The highest BCUT2D eigenvalue weighted by molar-refractivity contribution is 5.95. The second-order valence-corrected chi connectivity index (χ2v) is 8.32. The highest BCUT2D eigenvalue weighted by Gasteiger charge is 2.30. The largest absolute Gasteiger partial charge is 0.309 e. The van der Waals surface area contributed by atoms with Gasteiger partial charge in [-0.1, -0.05) is 45.0 Å². The van der Waals surface area contributed by atoms with E-state index in [1.54, 1.807) is 12.1 Å². The first kappa shape index (κ1) is 22.0. The number of aryl methyl sites for hydroxylation is 1. The van der Waals surface area contributed by atoms with Crippen molar-refractivity contribution in [2.24, 2.45) is 5.92 Å². The SMILES string of the molecule is CCc1ccc(N(C(=O)C(C)C)C2CCN(Cc3cccc([N+](=O)[O-])c3)CC2)cc1. The summed E-state index contributed by atoms with van der Waals surface area (Å²) in [4.78, 5) is 28.0. The molecular weight excluding hydrogens is 378 g/mol. The Bertz CT molecular complexity index is 872. The lowest BCUT2D eigenvalue weighted by Gasteiger charge is -2.39. The molecule has 160 valence electrons. The van der Waals surface area contributed by atoms with Crippen LogP contribution >= 0.6 is 0 Å². The Morgan fingerprint density at radius 3 is 2.37 bits per heavy atom. The molecule has 1 fully saturated rings. The Kier molecular flexibility index (Phi) is 7.21. The van der Waals surface area contributed by atoms with Crippen molar-refractivity contribution in [3.63, 3.8) is 0 Å². The summed E-state index contributed by atoms with van der Waals surface area (Å²) in [6, 6.07) is 15.4. The van der Waals surface area contributed by atoms with Crippen molar-refractivity contribution in [2.75, 3.05) is 18.0 Å². The lowest BCUT2D eigenvalue weighted by atomic mass is 9.99. The van der Waals surface area contributed by atoms with Crippen LogP contribution in [0.5, 0.6) is 0 Å². The van der Waals surface area contributed by atoms with E-state index in [-0.39, 0.29) is 28.5 Å². The molecule has 0 N–H and O–H groups in total. The van der Waals surface area contributed by atoms with Crippen molar-refractivity contribution >= 4 is 17.3 Å². The minimum Gasteiger partial charge on any atom is -0.309 e. The number of nitro groups is 1. The molecule has 2 aromatic carbocycles. The van der Waals surface area contributed by atoms with E-state index >= 15 is 0 Å². The number of benzene rings is 2. The molecule has 1 heterocycles. The van der Waals surface area contributed by atoms with Gasteiger partial charge in [0, 0.05) is 49.4 Å². The minimum absolute atomic E-state index is 0.0567. The predicted molar refractivity (Wildman–Crippen MR) is 120 cm³/mol. The molecule has 0 aromatic heterocycles. The first-order chi connectivity index (χ1) is 14.4. The molecule has 30 heavy (non-hydrogen) atoms. The van der Waals surface area contributed by atoms with Crippen molar-refractivity contribution in [3.8, 4) is 0 Å².